The van der Waals surface area contributed by atoms with Gasteiger partial charge in [-0.3, -0.25) is 19.5 Å². The molecule has 156 valence electrons. The first kappa shape index (κ1) is 22.3. The van der Waals surface area contributed by atoms with Gasteiger partial charge in [-0.1, -0.05) is 40.2 Å². The second-order valence-electron chi connectivity index (χ2n) is 7.66. The maximum Gasteiger partial charge on any atom is 0.233 e. The van der Waals surface area contributed by atoms with Crippen LogP contribution >= 0.6 is 39.9 Å². The molecule has 1 aliphatic heterocycles. The van der Waals surface area contributed by atoms with Crippen LogP contribution in [0.15, 0.2) is 45.9 Å². The average Bonchev–Trinajstić information content (AvgIpc) is 3.38. The third-order valence-electron chi connectivity index (χ3n) is 6.01. The lowest BCUT2D eigenvalue weighted by molar-refractivity contribution is -0.140. The Morgan fingerprint density at radius 1 is 1.10 bits per heavy atom. The van der Waals surface area contributed by atoms with E-state index in [9.17, 15) is 9.59 Å². The molecule has 2 fully saturated rings. The van der Waals surface area contributed by atoms with Crippen LogP contribution in [0, 0.1) is 23.7 Å². The van der Waals surface area contributed by atoms with E-state index < -0.39 is 0 Å². The molecule has 1 saturated heterocycles. The summed E-state index contributed by atoms with van der Waals surface area (Å²) >= 11 is 3.43. The van der Waals surface area contributed by atoms with Gasteiger partial charge in [-0.25, -0.2) is 0 Å². The van der Waals surface area contributed by atoms with E-state index >= 15 is 0 Å². The molecule has 4 rings (SSSR count). The normalized spacial score (nSPS) is 27.2. The Hall–Kier alpha value is -1.42. The summed E-state index contributed by atoms with van der Waals surface area (Å²) in [5.74, 6) is 1.12. The third-order valence-corrected chi connectivity index (χ3v) is 6.54. The molecule has 1 aromatic carbocycles. The standard InChI is InChI=1S/C21H25BrN4O2.HI/c1-23-21(25-12-13-3-7-16(22)8-4-13)24-9-2-10-26-19(27)17-14-5-6-15(11-14)18(17)20(26)28;/h3-8,14-15,17-18H,2,9-12H2,1H3,(H2,23,24,25);1H. The smallest absolute Gasteiger partial charge is 0.233 e. The number of carbonyl (C=O) groups is 2. The molecule has 2 bridgehead atoms. The molecule has 3 aliphatic rings. The zero-order chi connectivity index (χ0) is 19.7. The van der Waals surface area contributed by atoms with Crippen LogP contribution in [0.5, 0.6) is 0 Å². The van der Waals surface area contributed by atoms with E-state index in [1.807, 2.05) is 24.3 Å². The number of nitrogens with one attached hydrogen (secondary N) is 2. The second kappa shape index (κ2) is 9.59. The van der Waals surface area contributed by atoms with Crippen molar-refractivity contribution in [1.29, 1.82) is 0 Å². The van der Waals surface area contributed by atoms with Crippen LogP contribution in [0.1, 0.15) is 18.4 Å². The molecule has 1 aromatic rings. The molecular weight excluding hydrogens is 547 g/mol. The molecule has 6 nitrogen and oxygen atoms in total. The third kappa shape index (κ3) is 4.52. The maximum absolute atomic E-state index is 12.7. The van der Waals surface area contributed by atoms with Crippen LogP contribution in [0.25, 0.3) is 0 Å². The highest BCUT2D eigenvalue weighted by Gasteiger charge is 2.58. The SMILES string of the molecule is CN=C(NCCCN1C(=O)C2C3C=CC(C3)C2C1=O)NCc1ccc(Br)cc1.I. The monoisotopic (exact) mass is 572 g/mol. The van der Waals surface area contributed by atoms with Gasteiger partial charge in [0.1, 0.15) is 0 Å². The Morgan fingerprint density at radius 2 is 1.72 bits per heavy atom. The molecule has 29 heavy (non-hydrogen) atoms. The zero-order valence-electron chi connectivity index (χ0n) is 16.3. The molecule has 2 amide bonds. The van der Waals surface area contributed by atoms with Crippen molar-refractivity contribution in [2.75, 3.05) is 20.1 Å². The zero-order valence-corrected chi connectivity index (χ0v) is 20.2. The fraction of sp³-hybridized carbons (Fsp3) is 0.476. The van der Waals surface area contributed by atoms with Crippen molar-refractivity contribution in [2.24, 2.45) is 28.7 Å². The predicted molar refractivity (Wildman–Crippen MR) is 127 cm³/mol. The number of benzene rings is 1. The van der Waals surface area contributed by atoms with E-state index in [0.717, 1.165) is 16.5 Å². The summed E-state index contributed by atoms with van der Waals surface area (Å²) in [4.78, 5) is 31.0. The minimum Gasteiger partial charge on any atom is -0.356 e. The van der Waals surface area contributed by atoms with Crippen LogP contribution in [0.4, 0.5) is 0 Å². The Balaban J connectivity index is 0.00000240. The Morgan fingerprint density at radius 3 is 2.31 bits per heavy atom. The van der Waals surface area contributed by atoms with Crippen LogP contribution in [0.3, 0.4) is 0 Å². The topological polar surface area (TPSA) is 73.8 Å². The highest BCUT2D eigenvalue weighted by molar-refractivity contribution is 14.0. The van der Waals surface area contributed by atoms with E-state index in [1.54, 1.807) is 7.05 Å². The lowest BCUT2D eigenvalue weighted by atomic mass is 9.85. The van der Waals surface area contributed by atoms with Gasteiger partial charge >= 0.3 is 0 Å². The second-order valence-corrected chi connectivity index (χ2v) is 8.58. The summed E-state index contributed by atoms with van der Waals surface area (Å²) in [6.45, 7) is 1.80. The average molecular weight is 573 g/mol. The largest absolute Gasteiger partial charge is 0.356 e. The molecule has 2 aliphatic carbocycles. The number of nitrogens with zero attached hydrogens (tertiary/aromatic N) is 2. The quantitative estimate of drug-likeness (QED) is 0.137. The number of fused-ring (bicyclic) bond motifs is 5. The van der Waals surface area contributed by atoms with Crippen LogP contribution < -0.4 is 10.6 Å². The van der Waals surface area contributed by atoms with E-state index in [-0.39, 0.29) is 59.5 Å². The fourth-order valence-corrected chi connectivity index (χ4v) is 4.90. The molecule has 0 aromatic heterocycles. The summed E-state index contributed by atoms with van der Waals surface area (Å²) in [5, 5.41) is 6.52. The number of carbonyl (C=O) groups excluding carboxylic acids is 2. The van der Waals surface area contributed by atoms with Crippen LogP contribution in [-0.2, 0) is 16.1 Å². The van der Waals surface area contributed by atoms with Crippen molar-refractivity contribution >= 4 is 57.7 Å². The molecule has 1 saturated carbocycles. The number of hydrogen-bond acceptors (Lipinski definition) is 3. The summed E-state index contributed by atoms with van der Waals surface area (Å²) in [6, 6.07) is 8.12. The van der Waals surface area contributed by atoms with Gasteiger partial charge in [0, 0.05) is 31.2 Å². The predicted octanol–water partition coefficient (Wildman–Crippen LogP) is 2.93. The highest BCUT2D eigenvalue weighted by Crippen LogP contribution is 2.52. The van der Waals surface area contributed by atoms with Crippen LogP contribution in [-0.4, -0.2) is 42.8 Å². The number of imide groups is 1. The van der Waals surface area contributed by atoms with Gasteiger partial charge in [0.05, 0.1) is 11.8 Å². The van der Waals surface area contributed by atoms with Gasteiger partial charge in [0.25, 0.3) is 0 Å². The van der Waals surface area contributed by atoms with E-state index in [2.05, 4.69) is 43.7 Å². The highest BCUT2D eigenvalue weighted by atomic mass is 127. The van der Waals surface area contributed by atoms with E-state index in [0.29, 0.717) is 32.0 Å². The number of hydrogen-bond donors (Lipinski definition) is 2. The van der Waals surface area contributed by atoms with E-state index in [1.165, 1.54) is 4.90 Å². The minimum atomic E-state index is -0.101. The number of halogens is 2. The van der Waals surface area contributed by atoms with Crippen molar-refractivity contribution in [3.8, 4) is 0 Å². The van der Waals surface area contributed by atoms with Crippen molar-refractivity contribution in [3.63, 3.8) is 0 Å². The van der Waals surface area contributed by atoms with Crippen molar-refractivity contribution in [1.82, 2.24) is 15.5 Å². The first-order valence-electron chi connectivity index (χ1n) is 9.81. The number of aliphatic imine (C=N–C) groups is 1. The first-order chi connectivity index (χ1) is 13.6. The number of amides is 2. The van der Waals surface area contributed by atoms with Gasteiger partial charge in [0.15, 0.2) is 5.96 Å². The molecule has 1 heterocycles. The number of guanidine groups is 1. The molecule has 0 spiro atoms. The summed E-state index contributed by atoms with van der Waals surface area (Å²) in [5.41, 5.74) is 1.16. The van der Waals surface area contributed by atoms with Gasteiger partial charge in [0.2, 0.25) is 11.8 Å². The van der Waals surface area contributed by atoms with Crippen LogP contribution in [0.2, 0.25) is 0 Å². The Bertz CT molecular complexity index is 796. The maximum atomic E-state index is 12.7. The number of rotatable bonds is 6. The molecule has 4 unspecified atom stereocenters. The molecular formula is C21H26BrIN4O2. The van der Waals surface area contributed by atoms with Crippen molar-refractivity contribution < 1.29 is 9.59 Å². The van der Waals surface area contributed by atoms with Crippen molar-refractivity contribution in [3.05, 3.63) is 46.5 Å². The van der Waals surface area contributed by atoms with E-state index in [4.69, 9.17) is 0 Å². The lowest BCUT2D eigenvalue weighted by Gasteiger charge is -2.18. The van der Waals surface area contributed by atoms with Gasteiger partial charge in [-0.15, -0.1) is 24.0 Å². The minimum absolute atomic E-state index is 0. The lowest BCUT2D eigenvalue weighted by Crippen LogP contribution is -2.39. The van der Waals surface area contributed by atoms with Gasteiger partial charge < -0.3 is 10.6 Å². The summed E-state index contributed by atoms with van der Waals surface area (Å²) in [7, 11) is 1.73. The number of likely N-dealkylation sites (tertiary alicyclic amines) is 1. The number of allylic oxidation sites excluding steroid dienone is 2. The Labute approximate surface area is 196 Å². The Kier molecular flexibility index (Phi) is 7.37. The molecule has 2 N–H and O–H groups in total. The van der Waals surface area contributed by atoms with Crippen molar-refractivity contribution in [2.45, 2.75) is 19.4 Å². The summed E-state index contributed by atoms with van der Waals surface area (Å²) in [6.07, 6.45) is 5.94. The molecule has 8 heteroatoms. The summed E-state index contributed by atoms with van der Waals surface area (Å²) < 4.78 is 1.05. The first-order valence-corrected chi connectivity index (χ1v) is 10.6. The van der Waals surface area contributed by atoms with Gasteiger partial charge in [-0.05, 0) is 42.4 Å². The molecule has 0 radical (unpaired) electrons. The molecule has 4 atom stereocenters. The fourth-order valence-electron chi connectivity index (χ4n) is 4.64. The van der Waals surface area contributed by atoms with Gasteiger partial charge in [-0.2, -0.15) is 0 Å².